The molecule has 0 aliphatic carbocycles. The monoisotopic (exact) mass is 442 g/mol. The number of nitrogens with zero attached hydrogens (tertiary/aromatic N) is 4. The Hall–Kier alpha value is -3.60. The van der Waals surface area contributed by atoms with Crippen molar-refractivity contribution in [2.45, 2.75) is 20.8 Å². The summed E-state index contributed by atoms with van der Waals surface area (Å²) in [5.41, 5.74) is 2.52. The molecule has 0 bridgehead atoms. The van der Waals surface area contributed by atoms with Gasteiger partial charge in [-0.2, -0.15) is 5.10 Å². The van der Waals surface area contributed by atoms with Crippen LogP contribution < -0.4 is 16.2 Å². The van der Waals surface area contributed by atoms with Crippen molar-refractivity contribution in [2.24, 2.45) is 7.05 Å². The number of rotatable bonds is 7. The highest BCUT2D eigenvalue weighted by atomic mass is 32.1. The normalized spacial score (nSPS) is 10.7. The summed E-state index contributed by atoms with van der Waals surface area (Å²) in [7, 11) is 1.58. The van der Waals surface area contributed by atoms with Crippen molar-refractivity contribution < 1.29 is 9.72 Å². The number of benzene rings is 1. The van der Waals surface area contributed by atoms with Crippen molar-refractivity contribution in [2.75, 3.05) is 18.4 Å². The summed E-state index contributed by atoms with van der Waals surface area (Å²) in [6, 6.07) is 6.31. The third-order valence-corrected chi connectivity index (χ3v) is 5.94. The van der Waals surface area contributed by atoms with E-state index in [1.54, 1.807) is 32.2 Å². The Kier molecular flexibility index (Phi) is 6.44. The van der Waals surface area contributed by atoms with E-state index in [-0.39, 0.29) is 23.7 Å². The number of hydrogen-bond acceptors (Lipinski definition) is 8. The van der Waals surface area contributed by atoms with E-state index in [1.165, 1.54) is 10.7 Å². The van der Waals surface area contributed by atoms with E-state index >= 15 is 0 Å². The molecule has 1 amide bonds. The van der Waals surface area contributed by atoms with Gasteiger partial charge in [0.15, 0.2) is 0 Å². The Morgan fingerprint density at radius 1 is 1.19 bits per heavy atom. The lowest BCUT2D eigenvalue weighted by Crippen LogP contribution is -2.28. The number of para-hydroxylation sites is 2. The van der Waals surface area contributed by atoms with Crippen LogP contribution in [-0.4, -0.2) is 38.7 Å². The van der Waals surface area contributed by atoms with Gasteiger partial charge < -0.3 is 10.6 Å². The molecule has 0 fully saturated rings. The minimum Gasteiger partial charge on any atom is -0.378 e. The molecule has 3 aromatic rings. The molecule has 2 N–H and O–H groups in total. The highest BCUT2D eigenvalue weighted by Gasteiger charge is 2.21. The highest BCUT2D eigenvalue weighted by molar-refractivity contribution is 7.17. The summed E-state index contributed by atoms with van der Waals surface area (Å²) >= 11 is 1.15. The average molecular weight is 443 g/mol. The number of carbonyl (C=O) groups excluding carboxylic acids is 1. The standard InChI is InChI=1S/C20H22N6O4S/c1-11-12(2)24-25(4)20(28)16(11)19-23-13(3)17(31-19)18(27)22-10-9-21-14-7-5-6-8-15(14)26(29)30/h5-8,21H,9-10H2,1-4H3,(H,22,27). The Bertz CT molecular complexity index is 1220. The first-order chi connectivity index (χ1) is 14.7. The molecule has 10 nitrogen and oxygen atoms in total. The Balaban J connectivity index is 1.70. The van der Waals surface area contributed by atoms with Crippen LogP contribution in [0.5, 0.6) is 0 Å². The molecule has 11 heteroatoms. The van der Waals surface area contributed by atoms with E-state index in [0.717, 1.165) is 22.6 Å². The third kappa shape index (κ3) is 4.61. The van der Waals surface area contributed by atoms with E-state index in [9.17, 15) is 19.7 Å². The molecule has 2 aromatic heterocycles. The molecule has 31 heavy (non-hydrogen) atoms. The van der Waals surface area contributed by atoms with Gasteiger partial charge in [0.05, 0.1) is 21.9 Å². The maximum Gasteiger partial charge on any atom is 0.292 e. The number of thiazole rings is 1. The zero-order chi connectivity index (χ0) is 22.7. The van der Waals surface area contributed by atoms with Crippen molar-refractivity contribution in [1.29, 1.82) is 0 Å². The van der Waals surface area contributed by atoms with Gasteiger partial charge in [-0.15, -0.1) is 11.3 Å². The fourth-order valence-corrected chi connectivity index (χ4v) is 4.13. The molecule has 0 saturated heterocycles. The van der Waals surface area contributed by atoms with Crippen LogP contribution in [0.1, 0.15) is 26.6 Å². The number of carbonyl (C=O) groups is 1. The van der Waals surface area contributed by atoms with E-state index < -0.39 is 4.92 Å². The van der Waals surface area contributed by atoms with Crippen LogP contribution in [0, 0.1) is 30.9 Å². The predicted octanol–water partition coefficient (Wildman–Crippen LogP) is 2.58. The van der Waals surface area contributed by atoms with Gasteiger partial charge in [-0.25, -0.2) is 9.67 Å². The van der Waals surface area contributed by atoms with Crippen LogP contribution >= 0.6 is 11.3 Å². The van der Waals surface area contributed by atoms with Crippen molar-refractivity contribution in [3.05, 3.63) is 66.6 Å². The number of hydrogen-bond donors (Lipinski definition) is 2. The van der Waals surface area contributed by atoms with Gasteiger partial charge in [0, 0.05) is 26.2 Å². The molecule has 0 aliphatic rings. The van der Waals surface area contributed by atoms with Crippen LogP contribution in [-0.2, 0) is 7.05 Å². The molecule has 0 atom stereocenters. The Morgan fingerprint density at radius 3 is 2.61 bits per heavy atom. The molecule has 3 rings (SSSR count). The second-order valence-electron chi connectivity index (χ2n) is 6.90. The first-order valence-corrected chi connectivity index (χ1v) is 10.3. The van der Waals surface area contributed by atoms with Gasteiger partial charge >= 0.3 is 0 Å². The number of anilines is 1. The van der Waals surface area contributed by atoms with Gasteiger partial charge in [-0.1, -0.05) is 12.1 Å². The molecule has 0 unspecified atom stereocenters. The number of aromatic nitrogens is 3. The van der Waals surface area contributed by atoms with Crippen molar-refractivity contribution in [3.63, 3.8) is 0 Å². The van der Waals surface area contributed by atoms with E-state index in [1.807, 2.05) is 13.8 Å². The topological polar surface area (TPSA) is 132 Å². The second kappa shape index (κ2) is 9.04. The molecule has 0 saturated carbocycles. The summed E-state index contributed by atoms with van der Waals surface area (Å²) < 4.78 is 1.27. The zero-order valence-corrected chi connectivity index (χ0v) is 18.4. The smallest absolute Gasteiger partial charge is 0.292 e. The molecule has 2 heterocycles. The zero-order valence-electron chi connectivity index (χ0n) is 17.6. The predicted molar refractivity (Wildman–Crippen MR) is 119 cm³/mol. The van der Waals surface area contributed by atoms with Gasteiger partial charge in [-0.05, 0) is 32.4 Å². The Labute approximate surface area is 182 Å². The number of nitrogens with one attached hydrogen (secondary N) is 2. The van der Waals surface area contributed by atoms with Crippen LogP contribution in [0.4, 0.5) is 11.4 Å². The first-order valence-electron chi connectivity index (χ1n) is 9.48. The minimum absolute atomic E-state index is 0.0265. The first kappa shape index (κ1) is 22.1. The summed E-state index contributed by atoms with van der Waals surface area (Å²) in [5.74, 6) is -0.314. The average Bonchev–Trinajstić information content (AvgIpc) is 3.11. The quantitative estimate of drug-likeness (QED) is 0.326. The largest absolute Gasteiger partial charge is 0.378 e. The maximum atomic E-state index is 12.6. The molecule has 0 radical (unpaired) electrons. The fraction of sp³-hybridized carbons (Fsp3) is 0.300. The molecule has 0 aliphatic heterocycles. The SMILES string of the molecule is Cc1nc(-c2c(C)c(C)nn(C)c2=O)sc1C(=O)NCCNc1ccccc1[N+](=O)[O-]. The highest BCUT2D eigenvalue weighted by Crippen LogP contribution is 2.28. The second-order valence-corrected chi connectivity index (χ2v) is 7.90. The van der Waals surface area contributed by atoms with E-state index in [4.69, 9.17) is 0 Å². The van der Waals surface area contributed by atoms with Gasteiger partial charge in [0.1, 0.15) is 15.6 Å². The van der Waals surface area contributed by atoms with Crippen LogP contribution in [0.3, 0.4) is 0 Å². The fourth-order valence-electron chi connectivity index (χ4n) is 3.05. The summed E-state index contributed by atoms with van der Waals surface area (Å²) in [4.78, 5) is 40.6. The molecule has 162 valence electrons. The number of aryl methyl sites for hydroxylation is 3. The molecule has 1 aromatic carbocycles. The number of amides is 1. The molecular formula is C20H22N6O4S. The lowest BCUT2D eigenvalue weighted by atomic mass is 10.1. The summed E-state index contributed by atoms with van der Waals surface area (Å²) in [6.45, 7) is 5.91. The van der Waals surface area contributed by atoms with Crippen molar-refractivity contribution in [3.8, 4) is 10.6 Å². The maximum absolute atomic E-state index is 12.6. The number of nitro benzene ring substituents is 1. The van der Waals surface area contributed by atoms with Gasteiger partial charge in [-0.3, -0.25) is 19.7 Å². The van der Waals surface area contributed by atoms with Crippen molar-refractivity contribution >= 4 is 28.6 Å². The lowest BCUT2D eigenvalue weighted by Gasteiger charge is -2.08. The van der Waals surface area contributed by atoms with Crippen LogP contribution in [0.25, 0.3) is 10.6 Å². The van der Waals surface area contributed by atoms with Crippen LogP contribution in [0.15, 0.2) is 29.1 Å². The van der Waals surface area contributed by atoms with Crippen molar-refractivity contribution in [1.82, 2.24) is 20.1 Å². The lowest BCUT2D eigenvalue weighted by molar-refractivity contribution is -0.384. The Morgan fingerprint density at radius 2 is 1.90 bits per heavy atom. The van der Waals surface area contributed by atoms with E-state index in [2.05, 4.69) is 20.7 Å². The number of nitro groups is 1. The van der Waals surface area contributed by atoms with E-state index in [0.29, 0.717) is 33.4 Å². The molecular weight excluding hydrogens is 420 g/mol. The summed E-state index contributed by atoms with van der Waals surface area (Å²) in [5, 5.41) is 21.4. The van der Waals surface area contributed by atoms with Gasteiger partial charge in [0.2, 0.25) is 0 Å². The van der Waals surface area contributed by atoms with Gasteiger partial charge in [0.25, 0.3) is 17.2 Å². The summed E-state index contributed by atoms with van der Waals surface area (Å²) in [6.07, 6.45) is 0. The minimum atomic E-state index is -0.462. The van der Waals surface area contributed by atoms with Crippen LogP contribution in [0.2, 0.25) is 0 Å². The third-order valence-electron chi connectivity index (χ3n) is 4.77. The molecule has 0 spiro atoms.